The van der Waals surface area contributed by atoms with Crippen LogP contribution < -0.4 is 0 Å². The van der Waals surface area contributed by atoms with E-state index in [4.69, 9.17) is 0 Å². The molecule has 1 aliphatic heterocycles. The summed E-state index contributed by atoms with van der Waals surface area (Å²) in [4.78, 5) is 8.58. The Morgan fingerprint density at radius 2 is 2.31 bits per heavy atom. The highest BCUT2D eigenvalue weighted by molar-refractivity contribution is 5.72. The number of pyridine rings is 1. The lowest BCUT2D eigenvalue weighted by molar-refractivity contribution is 0.810. The minimum Gasteiger partial charge on any atom is -0.292 e. The number of aromatic nitrogens is 1. The normalized spacial score (nSPS) is 20.5. The van der Waals surface area contributed by atoms with Gasteiger partial charge < -0.3 is 0 Å². The van der Waals surface area contributed by atoms with Gasteiger partial charge in [-0.3, -0.25) is 9.98 Å². The number of nitrogens with zero attached hydrogens (tertiary/aromatic N) is 2. The molecule has 0 N–H and O–H groups in total. The highest BCUT2D eigenvalue weighted by atomic mass is 14.8. The molecule has 1 atom stereocenters. The smallest absolute Gasteiger partial charge is 0.0508 e. The van der Waals surface area contributed by atoms with Crippen molar-refractivity contribution < 1.29 is 0 Å². The van der Waals surface area contributed by atoms with Crippen LogP contribution in [0.25, 0.3) is 0 Å². The number of rotatable bonds is 1. The molecule has 0 aliphatic carbocycles. The Bertz CT molecular complexity index is 336. The van der Waals surface area contributed by atoms with Gasteiger partial charge in [0.2, 0.25) is 0 Å². The maximum absolute atomic E-state index is 4.38. The molecule has 0 saturated heterocycles. The summed E-state index contributed by atoms with van der Waals surface area (Å²) in [5, 5.41) is 0. The minimum atomic E-state index is 0.366. The van der Waals surface area contributed by atoms with Crippen LogP contribution in [0, 0.1) is 6.92 Å². The lowest BCUT2D eigenvalue weighted by Gasteiger charge is -2.11. The van der Waals surface area contributed by atoms with Crippen LogP contribution in [0.3, 0.4) is 0 Å². The van der Waals surface area contributed by atoms with Crippen LogP contribution in [-0.4, -0.2) is 17.7 Å². The maximum atomic E-state index is 4.38. The summed E-state index contributed by atoms with van der Waals surface area (Å²) in [6.07, 6.45) is 7.87. The van der Waals surface area contributed by atoms with Crippen molar-refractivity contribution in [2.24, 2.45) is 4.99 Å². The zero-order valence-corrected chi connectivity index (χ0v) is 7.64. The minimum absolute atomic E-state index is 0.366. The summed E-state index contributed by atoms with van der Waals surface area (Å²) in [6, 6.07) is 4.17. The van der Waals surface area contributed by atoms with Crippen molar-refractivity contribution in [3.63, 3.8) is 0 Å². The maximum Gasteiger partial charge on any atom is 0.0508 e. The Morgan fingerprint density at radius 3 is 2.92 bits per heavy atom. The molecule has 0 fully saturated rings. The average molecular weight is 172 g/mol. The summed E-state index contributed by atoms with van der Waals surface area (Å²) in [5.74, 6) is 0.366. The molecule has 0 spiro atoms. The van der Waals surface area contributed by atoms with E-state index in [9.17, 15) is 0 Å². The highest BCUT2D eigenvalue weighted by Gasteiger charge is 2.09. The molecular weight excluding hydrogens is 160 g/mol. The molecular formula is C11H12N2. The third kappa shape index (κ3) is 1.83. The van der Waals surface area contributed by atoms with Crippen molar-refractivity contribution >= 4 is 6.21 Å². The van der Waals surface area contributed by atoms with Gasteiger partial charge in [-0.25, -0.2) is 0 Å². The van der Waals surface area contributed by atoms with Gasteiger partial charge in [0.1, 0.15) is 0 Å². The van der Waals surface area contributed by atoms with Gasteiger partial charge in [-0.05, 0) is 24.6 Å². The monoisotopic (exact) mass is 172 g/mol. The standard InChI is InChI=1S/C11H12N2/c1-9-4-5-11(13-7-9)10-3-2-6-12-8-10/h2-7,10H,8H2,1H3. The molecule has 66 valence electrons. The van der Waals surface area contributed by atoms with Crippen LogP contribution >= 0.6 is 0 Å². The summed E-state index contributed by atoms with van der Waals surface area (Å²) in [6.45, 7) is 2.87. The van der Waals surface area contributed by atoms with Gasteiger partial charge in [0, 0.05) is 24.0 Å². The summed E-state index contributed by atoms with van der Waals surface area (Å²) < 4.78 is 0. The van der Waals surface area contributed by atoms with Gasteiger partial charge in [0.25, 0.3) is 0 Å². The molecule has 1 unspecified atom stereocenters. The van der Waals surface area contributed by atoms with Crippen LogP contribution in [-0.2, 0) is 0 Å². The van der Waals surface area contributed by atoms with E-state index in [1.54, 1.807) is 0 Å². The quantitative estimate of drug-likeness (QED) is 0.637. The van der Waals surface area contributed by atoms with Gasteiger partial charge in [0.05, 0.1) is 6.54 Å². The van der Waals surface area contributed by atoms with E-state index < -0.39 is 0 Å². The lowest BCUT2D eigenvalue weighted by Crippen LogP contribution is -2.05. The molecule has 0 radical (unpaired) electrons. The van der Waals surface area contributed by atoms with Crippen molar-refractivity contribution in [3.8, 4) is 0 Å². The van der Waals surface area contributed by atoms with Gasteiger partial charge in [-0.15, -0.1) is 0 Å². The van der Waals surface area contributed by atoms with E-state index in [0.29, 0.717) is 5.92 Å². The Balaban J connectivity index is 2.21. The zero-order valence-electron chi connectivity index (χ0n) is 7.64. The number of hydrogen-bond donors (Lipinski definition) is 0. The molecule has 13 heavy (non-hydrogen) atoms. The van der Waals surface area contributed by atoms with Gasteiger partial charge in [0.15, 0.2) is 0 Å². The molecule has 2 heteroatoms. The SMILES string of the molecule is Cc1ccc(C2C=CC=NC2)nc1. The van der Waals surface area contributed by atoms with E-state index in [1.807, 2.05) is 25.4 Å². The van der Waals surface area contributed by atoms with Crippen molar-refractivity contribution in [1.29, 1.82) is 0 Å². The first-order valence-electron chi connectivity index (χ1n) is 4.45. The fourth-order valence-electron chi connectivity index (χ4n) is 1.37. The first kappa shape index (κ1) is 8.17. The van der Waals surface area contributed by atoms with E-state index in [2.05, 4.69) is 28.2 Å². The second-order valence-corrected chi connectivity index (χ2v) is 3.27. The van der Waals surface area contributed by atoms with Gasteiger partial charge in [-0.1, -0.05) is 12.1 Å². The second-order valence-electron chi connectivity index (χ2n) is 3.27. The van der Waals surface area contributed by atoms with Crippen LogP contribution in [0.15, 0.2) is 35.5 Å². The number of aliphatic imine (C=N–C) groups is 1. The summed E-state index contributed by atoms with van der Waals surface area (Å²) >= 11 is 0. The van der Waals surface area contributed by atoms with E-state index >= 15 is 0 Å². The third-order valence-electron chi connectivity index (χ3n) is 2.15. The Morgan fingerprint density at radius 1 is 1.38 bits per heavy atom. The predicted octanol–water partition coefficient (Wildman–Crippen LogP) is 2.11. The molecule has 2 heterocycles. The Hall–Kier alpha value is -1.44. The van der Waals surface area contributed by atoms with Gasteiger partial charge >= 0.3 is 0 Å². The first-order valence-corrected chi connectivity index (χ1v) is 4.45. The summed E-state index contributed by atoms with van der Waals surface area (Å²) in [7, 11) is 0. The number of dihydropyridines is 1. The van der Waals surface area contributed by atoms with Crippen LogP contribution in [0.5, 0.6) is 0 Å². The largest absolute Gasteiger partial charge is 0.292 e. The highest BCUT2D eigenvalue weighted by Crippen LogP contribution is 2.17. The average Bonchev–Trinajstić information content (AvgIpc) is 2.20. The number of allylic oxidation sites excluding steroid dienone is 1. The van der Waals surface area contributed by atoms with Crippen LogP contribution in [0.4, 0.5) is 0 Å². The van der Waals surface area contributed by atoms with Crippen LogP contribution in [0.2, 0.25) is 0 Å². The van der Waals surface area contributed by atoms with E-state index in [0.717, 1.165) is 12.2 Å². The summed E-state index contributed by atoms with van der Waals surface area (Å²) in [5.41, 5.74) is 2.31. The van der Waals surface area contributed by atoms with Crippen molar-refractivity contribution in [2.75, 3.05) is 6.54 Å². The zero-order chi connectivity index (χ0) is 9.10. The fraction of sp³-hybridized carbons (Fsp3) is 0.273. The van der Waals surface area contributed by atoms with Crippen molar-refractivity contribution in [2.45, 2.75) is 12.8 Å². The predicted molar refractivity (Wildman–Crippen MR) is 54.2 cm³/mol. The van der Waals surface area contributed by atoms with E-state index in [1.165, 1.54) is 5.56 Å². The number of aryl methyl sites for hydroxylation is 1. The Labute approximate surface area is 78.0 Å². The molecule has 0 amide bonds. The molecule has 1 aromatic heterocycles. The van der Waals surface area contributed by atoms with Crippen LogP contribution in [0.1, 0.15) is 17.2 Å². The first-order chi connectivity index (χ1) is 6.36. The molecule has 0 bridgehead atoms. The second kappa shape index (κ2) is 3.52. The van der Waals surface area contributed by atoms with Crippen molar-refractivity contribution in [3.05, 3.63) is 41.7 Å². The number of hydrogen-bond acceptors (Lipinski definition) is 2. The molecule has 1 aromatic rings. The molecule has 1 aliphatic rings. The molecule has 0 aromatic carbocycles. The molecule has 2 nitrogen and oxygen atoms in total. The van der Waals surface area contributed by atoms with Gasteiger partial charge in [-0.2, -0.15) is 0 Å². The van der Waals surface area contributed by atoms with E-state index in [-0.39, 0.29) is 0 Å². The fourth-order valence-corrected chi connectivity index (χ4v) is 1.37. The Kier molecular flexibility index (Phi) is 2.21. The molecule has 2 rings (SSSR count). The molecule has 0 saturated carbocycles. The third-order valence-corrected chi connectivity index (χ3v) is 2.15. The topological polar surface area (TPSA) is 25.2 Å². The lowest BCUT2D eigenvalue weighted by atomic mass is 10.0. The van der Waals surface area contributed by atoms with Crippen molar-refractivity contribution in [1.82, 2.24) is 4.98 Å².